The Kier molecular flexibility index (Phi) is 5.03. The van der Waals surface area contributed by atoms with Crippen LogP contribution in [0.3, 0.4) is 0 Å². The molecule has 0 amide bonds. The van der Waals surface area contributed by atoms with Crippen molar-refractivity contribution in [3.8, 4) is 0 Å². The molecule has 1 heterocycles. The highest BCUT2D eigenvalue weighted by molar-refractivity contribution is 5.81. The summed E-state index contributed by atoms with van der Waals surface area (Å²) < 4.78 is 5.64. The van der Waals surface area contributed by atoms with E-state index in [9.17, 15) is 0 Å². The second-order valence-corrected chi connectivity index (χ2v) is 5.55. The summed E-state index contributed by atoms with van der Waals surface area (Å²) >= 11 is 0. The number of hydrogen-bond donors (Lipinski definition) is 1. The zero-order valence-corrected chi connectivity index (χ0v) is 12.3. The summed E-state index contributed by atoms with van der Waals surface area (Å²) in [7, 11) is 0. The third-order valence-corrected chi connectivity index (χ3v) is 3.48. The van der Waals surface area contributed by atoms with Gasteiger partial charge < -0.3 is 9.73 Å². The summed E-state index contributed by atoms with van der Waals surface area (Å²) in [5, 5.41) is 4.75. The highest BCUT2D eigenvalue weighted by Crippen LogP contribution is 2.23. The number of unbranched alkanes of at least 4 members (excludes halogenated alkanes) is 1. The smallest absolute Gasteiger partial charge is 0.134 e. The zero-order chi connectivity index (χ0) is 13.7. The Hall–Kier alpha value is -1.28. The standard InChI is InChI=1S/C17H25NO/c1-4-5-6-14-7-8-17-16(11-14)15(12-19-17)9-10-18-13(2)3/h7-8,11-13,18H,4-6,9-10H2,1-3H3. The van der Waals surface area contributed by atoms with E-state index in [2.05, 4.69) is 44.3 Å². The fourth-order valence-electron chi connectivity index (χ4n) is 2.35. The highest BCUT2D eigenvalue weighted by atomic mass is 16.3. The van der Waals surface area contributed by atoms with E-state index in [1.54, 1.807) is 0 Å². The Morgan fingerprint density at radius 3 is 2.79 bits per heavy atom. The lowest BCUT2D eigenvalue weighted by Crippen LogP contribution is -2.24. The van der Waals surface area contributed by atoms with E-state index in [0.717, 1.165) is 18.5 Å². The lowest BCUT2D eigenvalue weighted by Gasteiger charge is -2.07. The van der Waals surface area contributed by atoms with E-state index in [0.29, 0.717) is 6.04 Å². The fourth-order valence-corrected chi connectivity index (χ4v) is 2.35. The maximum absolute atomic E-state index is 5.64. The monoisotopic (exact) mass is 259 g/mol. The second kappa shape index (κ2) is 6.76. The van der Waals surface area contributed by atoms with Gasteiger partial charge in [-0.2, -0.15) is 0 Å². The van der Waals surface area contributed by atoms with Crippen LogP contribution < -0.4 is 5.32 Å². The molecule has 0 aliphatic rings. The van der Waals surface area contributed by atoms with E-state index >= 15 is 0 Å². The predicted molar refractivity (Wildman–Crippen MR) is 81.7 cm³/mol. The van der Waals surface area contributed by atoms with Crippen LogP contribution >= 0.6 is 0 Å². The number of furan rings is 1. The number of rotatable bonds is 7. The SMILES string of the molecule is CCCCc1ccc2occ(CCNC(C)C)c2c1. The fraction of sp³-hybridized carbons (Fsp3) is 0.529. The lowest BCUT2D eigenvalue weighted by molar-refractivity contribution is 0.580. The van der Waals surface area contributed by atoms with Gasteiger partial charge in [0.15, 0.2) is 0 Å². The summed E-state index contributed by atoms with van der Waals surface area (Å²) in [5.74, 6) is 0. The van der Waals surface area contributed by atoms with Crippen LogP contribution in [0.5, 0.6) is 0 Å². The molecule has 104 valence electrons. The van der Waals surface area contributed by atoms with E-state index < -0.39 is 0 Å². The second-order valence-electron chi connectivity index (χ2n) is 5.55. The summed E-state index contributed by atoms with van der Waals surface area (Å²) in [6.45, 7) is 7.59. The van der Waals surface area contributed by atoms with Crippen molar-refractivity contribution in [3.63, 3.8) is 0 Å². The molecule has 2 nitrogen and oxygen atoms in total. The first-order valence-corrected chi connectivity index (χ1v) is 7.43. The van der Waals surface area contributed by atoms with Crippen molar-refractivity contribution >= 4 is 11.0 Å². The molecule has 1 aromatic carbocycles. The Balaban J connectivity index is 2.10. The molecule has 0 fully saturated rings. The molecule has 0 aliphatic heterocycles. The van der Waals surface area contributed by atoms with Gasteiger partial charge in [-0.25, -0.2) is 0 Å². The molecular formula is C17H25NO. The van der Waals surface area contributed by atoms with Crippen LogP contribution in [0.2, 0.25) is 0 Å². The van der Waals surface area contributed by atoms with Gasteiger partial charge in [-0.3, -0.25) is 0 Å². The minimum atomic E-state index is 0.540. The van der Waals surface area contributed by atoms with Crippen LogP contribution in [0, 0.1) is 0 Å². The minimum Gasteiger partial charge on any atom is -0.464 e. The van der Waals surface area contributed by atoms with Crippen LogP contribution in [0.15, 0.2) is 28.9 Å². The molecule has 19 heavy (non-hydrogen) atoms. The van der Waals surface area contributed by atoms with Crippen molar-refractivity contribution in [1.82, 2.24) is 5.32 Å². The van der Waals surface area contributed by atoms with Crippen molar-refractivity contribution in [1.29, 1.82) is 0 Å². The van der Waals surface area contributed by atoms with Crippen LogP contribution in [-0.4, -0.2) is 12.6 Å². The first-order valence-electron chi connectivity index (χ1n) is 7.43. The van der Waals surface area contributed by atoms with Gasteiger partial charge in [0.2, 0.25) is 0 Å². The Morgan fingerprint density at radius 1 is 1.21 bits per heavy atom. The van der Waals surface area contributed by atoms with Crippen molar-refractivity contribution in [3.05, 3.63) is 35.6 Å². The van der Waals surface area contributed by atoms with E-state index in [4.69, 9.17) is 4.42 Å². The molecule has 0 bridgehead atoms. The van der Waals surface area contributed by atoms with Gasteiger partial charge in [0.05, 0.1) is 6.26 Å². The molecule has 0 unspecified atom stereocenters. The summed E-state index contributed by atoms with van der Waals surface area (Å²) in [6.07, 6.45) is 6.61. The van der Waals surface area contributed by atoms with Gasteiger partial charge >= 0.3 is 0 Å². The molecular weight excluding hydrogens is 234 g/mol. The number of benzene rings is 1. The molecule has 2 rings (SSSR count). The van der Waals surface area contributed by atoms with Gasteiger partial charge in [-0.15, -0.1) is 0 Å². The van der Waals surface area contributed by atoms with Crippen LogP contribution in [0.25, 0.3) is 11.0 Å². The van der Waals surface area contributed by atoms with Gasteiger partial charge in [0.1, 0.15) is 5.58 Å². The maximum Gasteiger partial charge on any atom is 0.134 e. The Morgan fingerprint density at radius 2 is 2.05 bits per heavy atom. The number of aryl methyl sites for hydroxylation is 1. The largest absolute Gasteiger partial charge is 0.464 e. The molecule has 0 atom stereocenters. The van der Waals surface area contributed by atoms with E-state index in [-0.39, 0.29) is 0 Å². The van der Waals surface area contributed by atoms with Gasteiger partial charge in [-0.05, 0) is 49.1 Å². The third-order valence-electron chi connectivity index (χ3n) is 3.48. The molecule has 0 radical (unpaired) electrons. The van der Waals surface area contributed by atoms with Crippen LogP contribution in [0.4, 0.5) is 0 Å². The molecule has 1 aromatic heterocycles. The molecule has 0 spiro atoms. The normalized spacial score (nSPS) is 11.6. The Labute approximate surface area is 116 Å². The third kappa shape index (κ3) is 3.84. The van der Waals surface area contributed by atoms with Gasteiger partial charge in [-0.1, -0.05) is 33.3 Å². The molecule has 0 aliphatic carbocycles. The zero-order valence-electron chi connectivity index (χ0n) is 12.3. The minimum absolute atomic E-state index is 0.540. The quantitative estimate of drug-likeness (QED) is 0.801. The van der Waals surface area contributed by atoms with E-state index in [1.165, 1.54) is 35.8 Å². The lowest BCUT2D eigenvalue weighted by atomic mass is 10.0. The van der Waals surface area contributed by atoms with Crippen molar-refractivity contribution in [2.75, 3.05) is 6.54 Å². The van der Waals surface area contributed by atoms with Gasteiger partial charge in [0, 0.05) is 11.4 Å². The molecule has 2 aromatic rings. The molecule has 1 N–H and O–H groups in total. The first kappa shape index (κ1) is 14.1. The average molecular weight is 259 g/mol. The topological polar surface area (TPSA) is 25.2 Å². The van der Waals surface area contributed by atoms with Crippen LogP contribution in [-0.2, 0) is 12.8 Å². The van der Waals surface area contributed by atoms with Crippen molar-refractivity contribution < 1.29 is 4.42 Å². The van der Waals surface area contributed by atoms with Crippen LogP contribution in [0.1, 0.15) is 44.7 Å². The predicted octanol–water partition coefficient (Wildman–Crippen LogP) is 4.32. The maximum atomic E-state index is 5.64. The van der Waals surface area contributed by atoms with Crippen molar-refractivity contribution in [2.24, 2.45) is 0 Å². The summed E-state index contributed by atoms with van der Waals surface area (Å²) in [6, 6.07) is 7.15. The number of hydrogen-bond acceptors (Lipinski definition) is 2. The van der Waals surface area contributed by atoms with Crippen molar-refractivity contribution in [2.45, 2.75) is 52.5 Å². The molecule has 2 heteroatoms. The number of fused-ring (bicyclic) bond motifs is 1. The summed E-state index contributed by atoms with van der Waals surface area (Å²) in [5.41, 5.74) is 3.76. The number of nitrogens with one attached hydrogen (secondary N) is 1. The Bertz CT molecular complexity index is 513. The molecule has 0 saturated carbocycles. The first-order chi connectivity index (χ1) is 9.20. The highest BCUT2D eigenvalue weighted by Gasteiger charge is 2.07. The average Bonchev–Trinajstić information content (AvgIpc) is 2.79. The van der Waals surface area contributed by atoms with E-state index in [1.807, 2.05) is 6.26 Å². The summed E-state index contributed by atoms with van der Waals surface area (Å²) in [4.78, 5) is 0. The molecule has 0 saturated heterocycles. The van der Waals surface area contributed by atoms with Gasteiger partial charge in [0.25, 0.3) is 0 Å².